The monoisotopic (exact) mass is 227 g/mol. The lowest BCUT2D eigenvalue weighted by molar-refractivity contribution is -0.138. The topological polar surface area (TPSA) is 104 Å². The Hall–Kier alpha value is -1.59. The van der Waals surface area contributed by atoms with E-state index in [1.54, 1.807) is 19.1 Å². The Balaban J connectivity index is 0.000000673. The summed E-state index contributed by atoms with van der Waals surface area (Å²) in [6.07, 6.45) is 0.273. The van der Waals surface area contributed by atoms with Crippen molar-refractivity contribution in [1.29, 1.82) is 0 Å². The molecule has 0 unspecified atom stereocenters. The zero-order valence-electron chi connectivity index (χ0n) is 9.13. The standard InChI is InChI=1S/C9H11NO3.C2H6O/c10-8(9(12)13)5-6-1-3-7(11)4-2-6;1-2-3/h1-4,8,11H,5,10H2,(H,12,13);3H,2H2,1H3/t8-;/m1./s1. The minimum absolute atomic E-state index is 0.160. The second-order valence-corrected chi connectivity index (χ2v) is 3.13. The zero-order valence-corrected chi connectivity index (χ0v) is 9.13. The van der Waals surface area contributed by atoms with E-state index in [4.69, 9.17) is 21.1 Å². The van der Waals surface area contributed by atoms with Crippen LogP contribution in [0.15, 0.2) is 24.3 Å². The van der Waals surface area contributed by atoms with Gasteiger partial charge in [0.05, 0.1) is 0 Å². The molecular weight excluding hydrogens is 210 g/mol. The van der Waals surface area contributed by atoms with Gasteiger partial charge in [0.25, 0.3) is 0 Å². The van der Waals surface area contributed by atoms with Gasteiger partial charge in [-0.05, 0) is 31.0 Å². The molecular formula is C11H17NO4. The number of hydrogen-bond donors (Lipinski definition) is 4. The molecule has 16 heavy (non-hydrogen) atoms. The number of carboxylic acids is 1. The first-order valence-electron chi connectivity index (χ1n) is 4.88. The van der Waals surface area contributed by atoms with Crippen molar-refractivity contribution in [2.45, 2.75) is 19.4 Å². The smallest absolute Gasteiger partial charge is 0.320 e. The van der Waals surface area contributed by atoms with E-state index in [2.05, 4.69) is 0 Å². The van der Waals surface area contributed by atoms with Gasteiger partial charge in [-0.15, -0.1) is 0 Å². The van der Waals surface area contributed by atoms with E-state index < -0.39 is 12.0 Å². The average Bonchev–Trinajstić information content (AvgIpc) is 2.22. The van der Waals surface area contributed by atoms with Crippen molar-refractivity contribution in [3.63, 3.8) is 0 Å². The third-order valence-electron chi connectivity index (χ3n) is 1.71. The van der Waals surface area contributed by atoms with E-state index >= 15 is 0 Å². The number of phenols is 1. The molecule has 5 heteroatoms. The number of aliphatic carboxylic acids is 1. The van der Waals surface area contributed by atoms with E-state index in [9.17, 15) is 4.79 Å². The van der Waals surface area contributed by atoms with Crippen LogP contribution in [-0.4, -0.2) is 33.9 Å². The fourth-order valence-corrected chi connectivity index (χ4v) is 0.973. The maximum absolute atomic E-state index is 10.4. The molecule has 0 aromatic heterocycles. The first-order chi connectivity index (χ1) is 7.51. The first kappa shape index (κ1) is 14.4. The highest BCUT2D eigenvalue weighted by molar-refractivity contribution is 5.73. The number of aliphatic hydroxyl groups excluding tert-OH is 1. The second-order valence-electron chi connectivity index (χ2n) is 3.13. The molecule has 1 aromatic rings. The maximum atomic E-state index is 10.4. The quantitative estimate of drug-likeness (QED) is 0.596. The summed E-state index contributed by atoms with van der Waals surface area (Å²) >= 11 is 0. The van der Waals surface area contributed by atoms with Gasteiger partial charge in [0.15, 0.2) is 0 Å². The molecule has 5 N–H and O–H groups in total. The van der Waals surface area contributed by atoms with E-state index in [0.29, 0.717) is 0 Å². The molecule has 5 nitrogen and oxygen atoms in total. The SMILES string of the molecule is CCO.N[C@H](Cc1ccc(O)cc1)C(=O)O. The van der Waals surface area contributed by atoms with Crippen molar-refractivity contribution in [3.05, 3.63) is 29.8 Å². The number of nitrogens with two attached hydrogens (primary N) is 1. The third-order valence-corrected chi connectivity index (χ3v) is 1.71. The normalized spacial score (nSPS) is 11.2. The van der Waals surface area contributed by atoms with Crippen molar-refractivity contribution >= 4 is 5.97 Å². The molecule has 0 aliphatic heterocycles. The lowest BCUT2D eigenvalue weighted by Crippen LogP contribution is -2.32. The number of carbonyl (C=O) groups is 1. The molecule has 0 aliphatic carbocycles. The lowest BCUT2D eigenvalue weighted by atomic mass is 10.1. The predicted molar refractivity (Wildman–Crippen MR) is 60.2 cm³/mol. The number of rotatable bonds is 3. The van der Waals surface area contributed by atoms with Crippen LogP contribution in [0.3, 0.4) is 0 Å². The van der Waals surface area contributed by atoms with Gasteiger partial charge in [0.2, 0.25) is 0 Å². The number of carboxylic acid groups (broad SMARTS) is 1. The molecule has 90 valence electrons. The number of benzene rings is 1. The van der Waals surface area contributed by atoms with Crippen LogP contribution in [0, 0.1) is 0 Å². The fraction of sp³-hybridized carbons (Fsp3) is 0.364. The summed E-state index contributed by atoms with van der Waals surface area (Å²) in [5, 5.41) is 25.0. The molecule has 0 radical (unpaired) electrons. The minimum atomic E-state index is -1.02. The Kier molecular flexibility index (Phi) is 6.91. The molecule has 0 fully saturated rings. The van der Waals surface area contributed by atoms with Crippen LogP contribution in [0.4, 0.5) is 0 Å². The van der Waals surface area contributed by atoms with Crippen molar-refractivity contribution in [2.75, 3.05) is 6.61 Å². The minimum Gasteiger partial charge on any atom is -0.508 e. The summed E-state index contributed by atoms with van der Waals surface area (Å²) < 4.78 is 0. The van der Waals surface area contributed by atoms with Crippen LogP contribution >= 0.6 is 0 Å². The average molecular weight is 227 g/mol. The number of hydrogen-bond acceptors (Lipinski definition) is 4. The molecule has 0 bridgehead atoms. The number of phenolic OH excluding ortho intramolecular Hbond substituents is 1. The lowest BCUT2D eigenvalue weighted by Gasteiger charge is -2.05. The Morgan fingerprint density at radius 1 is 1.38 bits per heavy atom. The van der Waals surface area contributed by atoms with Crippen LogP contribution in [0.5, 0.6) is 5.75 Å². The van der Waals surface area contributed by atoms with Crippen molar-refractivity contribution < 1.29 is 20.1 Å². The molecule has 0 saturated carbocycles. The Labute approximate surface area is 94.1 Å². The number of aliphatic hydroxyl groups is 1. The second kappa shape index (κ2) is 7.67. The molecule has 0 aliphatic rings. The van der Waals surface area contributed by atoms with Gasteiger partial charge >= 0.3 is 5.97 Å². The maximum Gasteiger partial charge on any atom is 0.320 e. The van der Waals surface area contributed by atoms with Crippen molar-refractivity contribution in [1.82, 2.24) is 0 Å². The van der Waals surface area contributed by atoms with Gasteiger partial charge in [0, 0.05) is 6.61 Å². The van der Waals surface area contributed by atoms with Gasteiger partial charge in [-0.25, -0.2) is 0 Å². The Bertz CT molecular complexity index is 310. The van der Waals surface area contributed by atoms with E-state index in [1.807, 2.05) is 0 Å². The van der Waals surface area contributed by atoms with Gasteiger partial charge < -0.3 is 21.1 Å². The fourth-order valence-electron chi connectivity index (χ4n) is 0.973. The Morgan fingerprint density at radius 3 is 2.19 bits per heavy atom. The van der Waals surface area contributed by atoms with E-state index in [1.165, 1.54) is 12.1 Å². The van der Waals surface area contributed by atoms with Gasteiger partial charge in [0.1, 0.15) is 11.8 Å². The van der Waals surface area contributed by atoms with Crippen molar-refractivity contribution in [3.8, 4) is 5.75 Å². The summed E-state index contributed by atoms with van der Waals surface area (Å²) in [6, 6.07) is 5.42. The van der Waals surface area contributed by atoms with E-state index in [-0.39, 0.29) is 18.8 Å². The highest BCUT2D eigenvalue weighted by atomic mass is 16.4. The van der Waals surface area contributed by atoms with Crippen LogP contribution in [0.2, 0.25) is 0 Å². The van der Waals surface area contributed by atoms with Gasteiger partial charge in [-0.3, -0.25) is 4.79 Å². The highest BCUT2D eigenvalue weighted by Gasteiger charge is 2.11. The Morgan fingerprint density at radius 2 is 1.81 bits per heavy atom. The summed E-state index contributed by atoms with van der Waals surface area (Å²) in [7, 11) is 0. The van der Waals surface area contributed by atoms with Crippen LogP contribution < -0.4 is 5.73 Å². The molecule has 0 heterocycles. The summed E-state index contributed by atoms with van der Waals surface area (Å²) in [6.45, 7) is 1.93. The largest absolute Gasteiger partial charge is 0.508 e. The van der Waals surface area contributed by atoms with Crippen LogP contribution in [0.1, 0.15) is 12.5 Å². The predicted octanol–water partition coefficient (Wildman–Crippen LogP) is 0.345. The third kappa shape index (κ3) is 6.00. The first-order valence-corrected chi connectivity index (χ1v) is 4.88. The van der Waals surface area contributed by atoms with Crippen LogP contribution in [-0.2, 0) is 11.2 Å². The summed E-state index contributed by atoms with van der Waals surface area (Å²) in [5.41, 5.74) is 6.12. The van der Waals surface area contributed by atoms with Crippen LogP contribution in [0.25, 0.3) is 0 Å². The summed E-state index contributed by atoms with van der Waals surface area (Å²) in [4.78, 5) is 10.4. The number of aromatic hydroxyl groups is 1. The molecule has 0 amide bonds. The van der Waals surface area contributed by atoms with E-state index in [0.717, 1.165) is 5.56 Å². The van der Waals surface area contributed by atoms with Gasteiger partial charge in [-0.2, -0.15) is 0 Å². The molecule has 0 spiro atoms. The molecule has 1 rings (SSSR count). The molecule has 1 aromatic carbocycles. The molecule has 1 atom stereocenters. The highest BCUT2D eigenvalue weighted by Crippen LogP contribution is 2.10. The van der Waals surface area contributed by atoms with Gasteiger partial charge in [-0.1, -0.05) is 12.1 Å². The zero-order chi connectivity index (χ0) is 12.6. The van der Waals surface area contributed by atoms with Crippen molar-refractivity contribution in [2.24, 2.45) is 5.73 Å². The summed E-state index contributed by atoms with van der Waals surface area (Å²) in [5.74, 6) is -0.860. The molecule has 0 saturated heterocycles.